The predicted octanol–water partition coefficient (Wildman–Crippen LogP) is -0.193. The first-order valence-electron chi connectivity index (χ1n) is 5.25. The van der Waals surface area contributed by atoms with Crippen LogP contribution in [0.1, 0.15) is 20.3 Å². The topological polar surface area (TPSA) is 58.7 Å². The summed E-state index contributed by atoms with van der Waals surface area (Å²) < 4.78 is 5.30. The molecule has 3 N–H and O–H groups in total. The van der Waals surface area contributed by atoms with E-state index < -0.39 is 0 Å². The average Bonchev–Trinajstić information content (AvgIpc) is 2.18. The molecule has 1 atom stereocenters. The van der Waals surface area contributed by atoms with Crippen LogP contribution in [0.15, 0.2) is 0 Å². The number of hydrogen-bond acceptors (Lipinski definition) is 4. The highest BCUT2D eigenvalue weighted by Crippen LogP contribution is 2.21. The van der Waals surface area contributed by atoms with Gasteiger partial charge in [-0.25, -0.2) is 0 Å². The molecule has 0 aromatic rings. The molecule has 1 saturated heterocycles. The molecular formula is C10H22N2O2. The van der Waals surface area contributed by atoms with E-state index in [1.807, 2.05) is 0 Å². The quantitative estimate of drug-likeness (QED) is 0.663. The third kappa shape index (κ3) is 3.20. The Labute approximate surface area is 86.0 Å². The van der Waals surface area contributed by atoms with E-state index in [-0.39, 0.29) is 18.2 Å². The molecule has 0 aromatic carbocycles. The van der Waals surface area contributed by atoms with E-state index in [1.165, 1.54) is 0 Å². The van der Waals surface area contributed by atoms with Crippen LogP contribution in [0, 0.1) is 0 Å². The van der Waals surface area contributed by atoms with Crippen LogP contribution >= 0.6 is 0 Å². The number of hydrogen-bond donors (Lipinski definition) is 2. The van der Waals surface area contributed by atoms with Crippen molar-refractivity contribution in [2.45, 2.75) is 31.8 Å². The summed E-state index contributed by atoms with van der Waals surface area (Å²) >= 11 is 0. The van der Waals surface area contributed by atoms with Gasteiger partial charge in [-0.3, -0.25) is 4.90 Å². The number of nitrogens with two attached hydrogens (primary N) is 1. The van der Waals surface area contributed by atoms with E-state index in [1.54, 1.807) is 0 Å². The van der Waals surface area contributed by atoms with Crippen LogP contribution in [0.4, 0.5) is 0 Å². The Hall–Kier alpha value is -0.160. The van der Waals surface area contributed by atoms with Gasteiger partial charge in [0.1, 0.15) is 0 Å². The van der Waals surface area contributed by atoms with Crippen LogP contribution < -0.4 is 5.73 Å². The summed E-state index contributed by atoms with van der Waals surface area (Å²) in [5.74, 6) is 0. The first-order chi connectivity index (χ1) is 6.56. The fourth-order valence-electron chi connectivity index (χ4n) is 2.00. The van der Waals surface area contributed by atoms with E-state index in [4.69, 9.17) is 15.6 Å². The molecule has 84 valence electrons. The number of aliphatic hydroxyl groups excluding tert-OH is 1. The van der Waals surface area contributed by atoms with Gasteiger partial charge in [-0.2, -0.15) is 0 Å². The number of aliphatic hydroxyl groups is 1. The second-order valence-corrected chi connectivity index (χ2v) is 4.56. The van der Waals surface area contributed by atoms with E-state index >= 15 is 0 Å². The summed E-state index contributed by atoms with van der Waals surface area (Å²) in [5, 5.41) is 8.93. The Morgan fingerprint density at radius 3 is 2.50 bits per heavy atom. The highest BCUT2D eigenvalue weighted by atomic mass is 16.5. The van der Waals surface area contributed by atoms with Crippen molar-refractivity contribution in [2.75, 3.05) is 32.9 Å². The van der Waals surface area contributed by atoms with E-state index in [9.17, 15) is 0 Å². The summed E-state index contributed by atoms with van der Waals surface area (Å²) in [7, 11) is 0. The lowest BCUT2D eigenvalue weighted by Gasteiger charge is -2.42. The van der Waals surface area contributed by atoms with Gasteiger partial charge >= 0.3 is 0 Å². The molecule has 0 bridgehead atoms. The van der Waals surface area contributed by atoms with Gasteiger partial charge in [-0.15, -0.1) is 0 Å². The lowest BCUT2D eigenvalue weighted by Crippen LogP contribution is -2.52. The number of rotatable bonds is 4. The molecule has 0 aliphatic carbocycles. The second kappa shape index (κ2) is 5.07. The molecule has 1 rings (SSSR count). The summed E-state index contributed by atoms with van der Waals surface area (Å²) in [4.78, 5) is 2.38. The average molecular weight is 202 g/mol. The van der Waals surface area contributed by atoms with Gasteiger partial charge in [0, 0.05) is 24.7 Å². The van der Waals surface area contributed by atoms with Crippen molar-refractivity contribution in [3.05, 3.63) is 0 Å². The van der Waals surface area contributed by atoms with Crippen LogP contribution in [0.2, 0.25) is 0 Å². The number of morpholine rings is 1. The van der Waals surface area contributed by atoms with E-state index in [0.717, 1.165) is 32.7 Å². The Morgan fingerprint density at radius 1 is 1.43 bits per heavy atom. The van der Waals surface area contributed by atoms with Crippen molar-refractivity contribution >= 4 is 0 Å². The molecule has 0 spiro atoms. The Kier molecular flexibility index (Phi) is 4.31. The molecular weight excluding hydrogens is 180 g/mol. The van der Waals surface area contributed by atoms with Crippen molar-refractivity contribution in [1.82, 2.24) is 4.90 Å². The zero-order chi connectivity index (χ0) is 10.6. The lowest BCUT2D eigenvalue weighted by molar-refractivity contribution is -0.0163. The van der Waals surface area contributed by atoms with Crippen LogP contribution in [-0.2, 0) is 4.74 Å². The zero-order valence-electron chi connectivity index (χ0n) is 9.20. The summed E-state index contributed by atoms with van der Waals surface area (Å²) in [5.41, 5.74) is 5.82. The molecule has 0 amide bonds. The molecule has 1 fully saturated rings. The van der Waals surface area contributed by atoms with Crippen LogP contribution in [0.25, 0.3) is 0 Å². The lowest BCUT2D eigenvalue weighted by atomic mass is 9.93. The largest absolute Gasteiger partial charge is 0.395 e. The molecule has 1 aliphatic rings. The van der Waals surface area contributed by atoms with Crippen LogP contribution in [0.5, 0.6) is 0 Å². The number of nitrogens with zero attached hydrogens (tertiary/aromatic N) is 1. The minimum atomic E-state index is -0.118. The normalized spacial score (nSPS) is 22.3. The minimum Gasteiger partial charge on any atom is -0.395 e. The highest BCUT2D eigenvalue weighted by Gasteiger charge is 2.29. The van der Waals surface area contributed by atoms with Crippen molar-refractivity contribution in [3.8, 4) is 0 Å². The summed E-state index contributed by atoms with van der Waals surface area (Å²) in [6.45, 7) is 7.95. The molecule has 4 nitrogen and oxygen atoms in total. The fraction of sp³-hybridized carbons (Fsp3) is 1.00. The SMILES string of the molecule is CC(C)(CC(N)CO)N1CCOCC1. The molecule has 1 aliphatic heterocycles. The monoisotopic (exact) mass is 202 g/mol. The standard InChI is InChI=1S/C10H22N2O2/c1-10(2,7-9(11)8-13)12-3-5-14-6-4-12/h9,13H,3-8,11H2,1-2H3. The maximum absolute atomic E-state index is 8.93. The van der Waals surface area contributed by atoms with Crippen LogP contribution in [0.3, 0.4) is 0 Å². The van der Waals surface area contributed by atoms with Gasteiger partial charge in [0.25, 0.3) is 0 Å². The molecule has 14 heavy (non-hydrogen) atoms. The molecule has 1 unspecified atom stereocenters. The van der Waals surface area contributed by atoms with Crippen LogP contribution in [-0.4, -0.2) is 54.5 Å². The van der Waals surface area contributed by atoms with E-state index in [2.05, 4.69) is 18.7 Å². The van der Waals surface area contributed by atoms with Gasteiger partial charge in [0.2, 0.25) is 0 Å². The van der Waals surface area contributed by atoms with Gasteiger partial charge in [0.15, 0.2) is 0 Å². The first-order valence-corrected chi connectivity index (χ1v) is 5.25. The zero-order valence-corrected chi connectivity index (χ0v) is 9.20. The van der Waals surface area contributed by atoms with E-state index in [0.29, 0.717) is 0 Å². The summed E-state index contributed by atoms with van der Waals surface area (Å²) in [6, 6.07) is -0.118. The minimum absolute atomic E-state index is 0.0614. The first kappa shape index (κ1) is 11.9. The van der Waals surface area contributed by atoms with Crippen molar-refractivity contribution < 1.29 is 9.84 Å². The molecule has 0 aromatic heterocycles. The molecule has 1 heterocycles. The smallest absolute Gasteiger partial charge is 0.0594 e. The van der Waals surface area contributed by atoms with Crippen molar-refractivity contribution in [3.63, 3.8) is 0 Å². The Bertz CT molecular complexity index is 168. The number of ether oxygens (including phenoxy) is 1. The Balaban J connectivity index is 2.45. The van der Waals surface area contributed by atoms with Gasteiger partial charge < -0.3 is 15.6 Å². The predicted molar refractivity (Wildman–Crippen MR) is 56.1 cm³/mol. The van der Waals surface area contributed by atoms with Gasteiger partial charge in [0.05, 0.1) is 19.8 Å². The third-order valence-corrected chi connectivity index (χ3v) is 2.86. The Morgan fingerprint density at radius 2 is 2.00 bits per heavy atom. The second-order valence-electron chi connectivity index (χ2n) is 4.56. The van der Waals surface area contributed by atoms with Crippen molar-refractivity contribution in [2.24, 2.45) is 5.73 Å². The van der Waals surface area contributed by atoms with Crippen molar-refractivity contribution in [1.29, 1.82) is 0 Å². The summed E-state index contributed by atoms with van der Waals surface area (Å²) in [6.07, 6.45) is 0.823. The van der Waals surface area contributed by atoms with Gasteiger partial charge in [-0.05, 0) is 20.3 Å². The maximum atomic E-state index is 8.93. The fourth-order valence-corrected chi connectivity index (χ4v) is 2.00. The molecule has 0 saturated carbocycles. The third-order valence-electron chi connectivity index (χ3n) is 2.86. The van der Waals surface area contributed by atoms with Gasteiger partial charge in [-0.1, -0.05) is 0 Å². The highest BCUT2D eigenvalue weighted by molar-refractivity contribution is 4.86. The maximum Gasteiger partial charge on any atom is 0.0594 e. The molecule has 4 heteroatoms. The molecule has 0 radical (unpaired) electrons.